The standard InChI is InChI=1S/C19H27ClN2O/c1-14(15-11-21-12-15)18(23)22-13-19(9-3-2-4-10-19)16-5-7-17(20)8-6-16/h5-8,14-15,21H,2-4,9-13H2,1H3,(H,22,23). The number of hydrogen-bond acceptors (Lipinski definition) is 2. The molecule has 0 radical (unpaired) electrons. The first kappa shape index (κ1) is 16.8. The van der Waals surface area contributed by atoms with Gasteiger partial charge in [0.2, 0.25) is 5.91 Å². The number of carbonyl (C=O) groups is 1. The third-order valence-electron chi connectivity index (χ3n) is 5.80. The lowest BCUT2D eigenvalue weighted by atomic mass is 9.69. The van der Waals surface area contributed by atoms with Gasteiger partial charge in [0.25, 0.3) is 0 Å². The predicted octanol–water partition coefficient (Wildman–Crippen LogP) is 3.51. The Morgan fingerprint density at radius 3 is 2.48 bits per heavy atom. The smallest absolute Gasteiger partial charge is 0.223 e. The molecule has 2 aliphatic rings. The summed E-state index contributed by atoms with van der Waals surface area (Å²) in [5.41, 5.74) is 1.40. The molecule has 2 fully saturated rings. The first-order valence-corrected chi connectivity index (χ1v) is 9.23. The summed E-state index contributed by atoms with van der Waals surface area (Å²) in [6.07, 6.45) is 6.07. The van der Waals surface area contributed by atoms with Gasteiger partial charge in [-0.15, -0.1) is 0 Å². The average Bonchev–Trinajstić information content (AvgIpc) is 2.52. The molecule has 1 aliphatic carbocycles. The second kappa shape index (κ2) is 7.23. The number of benzene rings is 1. The van der Waals surface area contributed by atoms with Crippen molar-refractivity contribution < 1.29 is 4.79 Å². The molecule has 126 valence electrons. The second-order valence-electron chi connectivity index (χ2n) is 7.27. The molecule has 1 aromatic rings. The van der Waals surface area contributed by atoms with E-state index in [2.05, 4.69) is 29.7 Å². The largest absolute Gasteiger partial charge is 0.355 e. The molecule has 1 saturated carbocycles. The van der Waals surface area contributed by atoms with Gasteiger partial charge < -0.3 is 10.6 Å². The van der Waals surface area contributed by atoms with Gasteiger partial charge >= 0.3 is 0 Å². The van der Waals surface area contributed by atoms with Gasteiger partial charge in [0, 0.05) is 22.9 Å². The Bertz CT molecular complexity index is 533. The highest BCUT2D eigenvalue weighted by Gasteiger charge is 2.35. The van der Waals surface area contributed by atoms with Crippen LogP contribution >= 0.6 is 11.6 Å². The van der Waals surface area contributed by atoms with Crippen LogP contribution in [0.4, 0.5) is 0 Å². The number of rotatable bonds is 5. The second-order valence-corrected chi connectivity index (χ2v) is 7.71. The summed E-state index contributed by atoms with van der Waals surface area (Å²) in [7, 11) is 0. The summed E-state index contributed by atoms with van der Waals surface area (Å²) in [6, 6.07) is 8.22. The summed E-state index contributed by atoms with van der Waals surface area (Å²) < 4.78 is 0. The lowest BCUT2D eigenvalue weighted by Crippen LogP contribution is -2.51. The fourth-order valence-corrected chi connectivity index (χ4v) is 4.02. The van der Waals surface area contributed by atoms with Crippen LogP contribution in [-0.4, -0.2) is 25.5 Å². The third-order valence-corrected chi connectivity index (χ3v) is 6.05. The number of hydrogen-bond donors (Lipinski definition) is 2. The van der Waals surface area contributed by atoms with E-state index in [1.807, 2.05) is 12.1 Å². The van der Waals surface area contributed by atoms with Crippen molar-refractivity contribution in [2.45, 2.75) is 44.4 Å². The normalized spacial score (nSPS) is 22.2. The topological polar surface area (TPSA) is 41.1 Å². The van der Waals surface area contributed by atoms with Gasteiger partial charge in [0.1, 0.15) is 0 Å². The first-order valence-electron chi connectivity index (χ1n) is 8.85. The molecule has 0 bridgehead atoms. The Balaban J connectivity index is 1.69. The SMILES string of the molecule is CC(C(=O)NCC1(c2ccc(Cl)cc2)CCCCC1)C1CNC1. The molecule has 1 aliphatic heterocycles. The monoisotopic (exact) mass is 334 g/mol. The van der Waals surface area contributed by atoms with Crippen LogP contribution in [0.5, 0.6) is 0 Å². The molecule has 1 atom stereocenters. The Morgan fingerprint density at radius 1 is 1.26 bits per heavy atom. The predicted molar refractivity (Wildman–Crippen MR) is 94.7 cm³/mol. The van der Waals surface area contributed by atoms with Crippen molar-refractivity contribution in [3.8, 4) is 0 Å². The quantitative estimate of drug-likeness (QED) is 0.865. The van der Waals surface area contributed by atoms with E-state index >= 15 is 0 Å². The summed E-state index contributed by atoms with van der Waals surface area (Å²) in [5.74, 6) is 0.797. The van der Waals surface area contributed by atoms with Crippen LogP contribution in [0.2, 0.25) is 5.02 Å². The fourth-order valence-electron chi connectivity index (χ4n) is 3.90. The van der Waals surface area contributed by atoms with Crippen LogP contribution in [0.1, 0.15) is 44.6 Å². The molecule has 4 heteroatoms. The number of nitrogens with one attached hydrogen (secondary N) is 2. The van der Waals surface area contributed by atoms with Crippen molar-refractivity contribution in [2.75, 3.05) is 19.6 Å². The molecule has 3 rings (SSSR count). The summed E-state index contributed by atoms with van der Waals surface area (Å²) >= 11 is 6.05. The van der Waals surface area contributed by atoms with E-state index < -0.39 is 0 Å². The highest BCUT2D eigenvalue weighted by Crippen LogP contribution is 2.39. The summed E-state index contributed by atoms with van der Waals surface area (Å²) in [5, 5.41) is 7.28. The number of amides is 1. The molecule has 1 saturated heterocycles. The number of halogens is 1. The van der Waals surface area contributed by atoms with Crippen LogP contribution in [-0.2, 0) is 10.2 Å². The molecular weight excluding hydrogens is 308 g/mol. The van der Waals surface area contributed by atoms with Crippen LogP contribution < -0.4 is 10.6 Å². The van der Waals surface area contributed by atoms with E-state index in [4.69, 9.17) is 11.6 Å². The van der Waals surface area contributed by atoms with E-state index in [-0.39, 0.29) is 17.2 Å². The maximum Gasteiger partial charge on any atom is 0.223 e. The minimum absolute atomic E-state index is 0.0794. The maximum atomic E-state index is 12.5. The zero-order chi connectivity index (χ0) is 16.3. The molecule has 2 N–H and O–H groups in total. The highest BCUT2D eigenvalue weighted by atomic mass is 35.5. The lowest BCUT2D eigenvalue weighted by Gasteiger charge is -2.39. The van der Waals surface area contributed by atoms with Crippen LogP contribution in [0, 0.1) is 11.8 Å². The van der Waals surface area contributed by atoms with Gasteiger partial charge in [0.05, 0.1) is 0 Å². The number of carbonyl (C=O) groups excluding carboxylic acids is 1. The minimum atomic E-state index is 0.0794. The van der Waals surface area contributed by atoms with Crippen molar-refractivity contribution in [1.29, 1.82) is 0 Å². The van der Waals surface area contributed by atoms with E-state index in [1.54, 1.807) is 0 Å². The molecule has 0 spiro atoms. The van der Waals surface area contributed by atoms with Gasteiger partial charge in [-0.3, -0.25) is 4.79 Å². The van der Waals surface area contributed by atoms with E-state index in [1.165, 1.54) is 24.8 Å². The van der Waals surface area contributed by atoms with Crippen molar-refractivity contribution in [3.63, 3.8) is 0 Å². The van der Waals surface area contributed by atoms with Crippen molar-refractivity contribution >= 4 is 17.5 Å². The van der Waals surface area contributed by atoms with Crippen molar-refractivity contribution in [1.82, 2.24) is 10.6 Å². The molecule has 1 aromatic carbocycles. The van der Waals surface area contributed by atoms with Gasteiger partial charge in [-0.2, -0.15) is 0 Å². The molecule has 1 unspecified atom stereocenters. The molecule has 3 nitrogen and oxygen atoms in total. The van der Waals surface area contributed by atoms with Crippen LogP contribution in [0.25, 0.3) is 0 Å². The molecule has 0 aromatic heterocycles. The maximum absolute atomic E-state index is 12.5. The molecule has 1 amide bonds. The minimum Gasteiger partial charge on any atom is -0.355 e. The highest BCUT2D eigenvalue weighted by molar-refractivity contribution is 6.30. The van der Waals surface area contributed by atoms with Crippen LogP contribution in [0.3, 0.4) is 0 Å². The molecular formula is C19H27ClN2O. The molecule has 23 heavy (non-hydrogen) atoms. The first-order chi connectivity index (χ1) is 11.1. The Hall–Kier alpha value is -1.06. The van der Waals surface area contributed by atoms with Gasteiger partial charge in [0.15, 0.2) is 0 Å². The lowest BCUT2D eigenvalue weighted by molar-refractivity contribution is -0.127. The Morgan fingerprint density at radius 2 is 1.91 bits per heavy atom. The zero-order valence-electron chi connectivity index (χ0n) is 13.9. The van der Waals surface area contributed by atoms with E-state index in [0.717, 1.165) is 37.5 Å². The molecule has 1 heterocycles. The third kappa shape index (κ3) is 3.72. The Kier molecular flexibility index (Phi) is 5.27. The van der Waals surface area contributed by atoms with Gasteiger partial charge in [-0.25, -0.2) is 0 Å². The van der Waals surface area contributed by atoms with Gasteiger partial charge in [-0.1, -0.05) is 49.9 Å². The zero-order valence-corrected chi connectivity index (χ0v) is 14.7. The van der Waals surface area contributed by atoms with E-state index in [9.17, 15) is 4.79 Å². The van der Waals surface area contributed by atoms with Crippen molar-refractivity contribution in [2.24, 2.45) is 11.8 Å². The fraction of sp³-hybridized carbons (Fsp3) is 0.632. The average molecular weight is 335 g/mol. The summed E-state index contributed by atoms with van der Waals surface area (Å²) in [6.45, 7) is 4.74. The van der Waals surface area contributed by atoms with Gasteiger partial charge in [-0.05, 0) is 49.5 Å². The van der Waals surface area contributed by atoms with Crippen molar-refractivity contribution in [3.05, 3.63) is 34.9 Å². The van der Waals surface area contributed by atoms with E-state index in [0.29, 0.717) is 5.92 Å². The Labute approximate surface area is 144 Å². The van der Waals surface area contributed by atoms with Crippen LogP contribution in [0.15, 0.2) is 24.3 Å². The summed E-state index contributed by atoms with van der Waals surface area (Å²) in [4.78, 5) is 12.5.